The van der Waals surface area contributed by atoms with Crippen molar-refractivity contribution in [3.63, 3.8) is 0 Å². The van der Waals surface area contributed by atoms with Crippen LogP contribution in [0.1, 0.15) is 71.1 Å². The minimum atomic E-state index is -0.491. The standard InChI is InChI=1S/C22H31N3O4/c1-15-17(25-21(27)23-15)8-4-2-5-9-20(26)24-16-10-11-18-19(14-16)29-22(28-18)12-6-3-7-13-22/h10-11,14-15,17H,2-9,12-13H2,1H3,(H,24,26)(H2,23,25,27)/t15-,17+/m1/s1. The van der Waals surface area contributed by atoms with Gasteiger partial charge in [-0.1, -0.05) is 19.3 Å². The Kier molecular flexibility index (Phi) is 5.83. The highest BCUT2D eigenvalue weighted by Gasteiger charge is 2.42. The molecule has 3 amide bonds. The van der Waals surface area contributed by atoms with Crippen LogP contribution in [0.15, 0.2) is 18.2 Å². The molecule has 2 fully saturated rings. The molecule has 7 nitrogen and oxygen atoms in total. The monoisotopic (exact) mass is 401 g/mol. The molecule has 1 spiro atoms. The van der Waals surface area contributed by atoms with Crippen LogP contribution in [-0.2, 0) is 4.79 Å². The molecule has 158 valence electrons. The number of urea groups is 1. The van der Waals surface area contributed by atoms with Crippen molar-refractivity contribution in [3.8, 4) is 11.5 Å². The minimum absolute atomic E-state index is 0.0143. The normalized spacial score (nSPS) is 24.2. The first kappa shape index (κ1) is 19.9. The van der Waals surface area contributed by atoms with Crippen LogP contribution < -0.4 is 25.4 Å². The number of ether oxygens (including phenoxy) is 2. The third-order valence-electron chi connectivity index (χ3n) is 6.13. The second-order valence-corrected chi connectivity index (χ2v) is 8.50. The summed E-state index contributed by atoms with van der Waals surface area (Å²) in [6, 6.07) is 5.91. The smallest absolute Gasteiger partial charge is 0.315 e. The van der Waals surface area contributed by atoms with Crippen LogP contribution in [0.2, 0.25) is 0 Å². The van der Waals surface area contributed by atoms with Crippen molar-refractivity contribution in [3.05, 3.63) is 18.2 Å². The van der Waals surface area contributed by atoms with Gasteiger partial charge in [0.1, 0.15) is 0 Å². The molecule has 1 saturated carbocycles. The van der Waals surface area contributed by atoms with Crippen molar-refractivity contribution < 1.29 is 19.1 Å². The highest BCUT2D eigenvalue weighted by atomic mass is 16.7. The van der Waals surface area contributed by atoms with Gasteiger partial charge in [-0.05, 0) is 44.7 Å². The summed E-state index contributed by atoms with van der Waals surface area (Å²) in [5.74, 6) is 1.02. The summed E-state index contributed by atoms with van der Waals surface area (Å²) in [5, 5.41) is 8.75. The summed E-state index contributed by atoms with van der Waals surface area (Å²) in [6.07, 6.45) is 9.55. The third-order valence-corrected chi connectivity index (χ3v) is 6.13. The summed E-state index contributed by atoms with van der Waals surface area (Å²) < 4.78 is 12.2. The molecule has 7 heteroatoms. The molecule has 2 aliphatic heterocycles. The van der Waals surface area contributed by atoms with Gasteiger partial charge in [0.2, 0.25) is 5.91 Å². The molecule has 4 rings (SSSR count). The van der Waals surface area contributed by atoms with Gasteiger partial charge in [0.15, 0.2) is 11.5 Å². The molecular formula is C22H31N3O4. The van der Waals surface area contributed by atoms with E-state index >= 15 is 0 Å². The molecule has 1 aliphatic carbocycles. The SMILES string of the molecule is C[C@H]1NC(=O)N[C@H]1CCCCCC(=O)Nc1ccc2c(c1)OC1(CCCCC1)O2. The highest BCUT2D eigenvalue weighted by molar-refractivity contribution is 5.91. The Morgan fingerprint density at radius 2 is 1.90 bits per heavy atom. The lowest BCUT2D eigenvalue weighted by Crippen LogP contribution is -2.40. The highest BCUT2D eigenvalue weighted by Crippen LogP contribution is 2.46. The van der Waals surface area contributed by atoms with Gasteiger partial charge in [0, 0.05) is 37.1 Å². The maximum Gasteiger partial charge on any atom is 0.315 e. The molecule has 0 bridgehead atoms. The lowest BCUT2D eigenvalue weighted by Gasteiger charge is -2.31. The number of hydrogen-bond donors (Lipinski definition) is 3. The lowest BCUT2D eigenvalue weighted by atomic mass is 9.94. The zero-order valence-electron chi connectivity index (χ0n) is 17.1. The molecule has 3 N–H and O–H groups in total. The van der Waals surface area contributed by atoms with Crippen LogP contribution in [0.4, 0.5) is 10.5 Å². The molecule has 3 aliphatic rings. The number of anilines is 1. The van der Waals surface area contributed by atoms with Gasteiger partial charge in [0.25, 0.3) is 5.79 Å². The molecule has 1 saturated heterocycles. The third kappa shape index (κ3) is 4.77. The number of rotatable bonds is 7. The van der Waals surface area contributed by atoms with E-state index in [0.717, 1.165) is 68.6 Å². The fraction of sp³-hybridized carbons (Fsp3) is 0.636. The summed E-state index contributed by atoms with van der Waals surface area (Å²) in [5.41, 5.74) is 0.749. The zero-order valence-corrected chi connectivity index (χ0v) is 17.1. The predicted octanol–water partition coefficient (Wildman–Crippen LogP) is 4.08. The molecule has 29 heavy (non-hydrogen) atoms. The molecular weight excluding hydrogens is 370 g/mol. The van der Waals surface area contributed by atoms with Gasteiger partial charge < -0.3 is 25.4 Å². The number of unbranched alkanes of at least 4 members (excludes halogenated alkanes) is 2. The van der Waals surface area contributed by atoms with E-state index in [1.54, 1.807) is 0 Å². The van der Waals surface area contributed by atoms with Gasteiger partial charge in [-0.2, -0.15) is 0 Å². The minimum Gasteiger partial charge on any atom is -0.448 e. The fourth-order valence-electron chi connectivity index (χ4n) is 4.48. The Bertz CT molecular complexity index is 760. The Morgan fingerprint density at radius 3 is 2.66 bits per heavy atom. The predicted molar refractivity (Wildman–Crippen MR) is 110 cm³/mol. The molecule has 0 aromatic heterocycles. The van der Waals surface area contributed by atoms with Crippen molar-refractivity contribution in [2.45, 2.75) is 89.0 Å². The van der Waals surface area contributed by atoms with Crippen LogP contribution in [0.25, 0.3) is 0 Å². The Labute approximate surface area is 171 Å². The maximum absolute atomic E-state index is 12.3. The first-order valence-corrected chi connectivity index (χ1v) is 10.9. The molecule has 2 heterocycles. The van der Waals surface area contributed by atoms with Crippen molar-refractivity contribution in [1.29, 1.82) is 0 Å². The number of fused-ring (bicyclic) bond motifs is 1. The van der Waals surface area contributed by atoms with E-state index in [-0.39, 0.29) is 24.0 Å². The Morgan fingerprint density at radius 1 is 1.10 bits per heavy atom. The average molecular weight is 402 g/mol. The molecule has 2 atom stereocenters. The lowest BCUT2D eigenvalue weighted by molar-refractivity contribution is -0.116. The van der Waals surface area contributed by atoms with Crippen LogP contribution >= 0.6 is 0 Å². The number of benzene rings is 1. The molecule has 0 unspecified atom stereocenters. The topological polar surface area (TPSA) is 88.7 Å². The summed E-state index contributed by atoms with van der Waals surface area (Å²) in [7, 11) is 0. The van der Waals surface area contributed by atoms with E-state index in [4.69, 9.17) is 9.47 Å². The first-order valence-electron chi connectivity index (χ1n) is 10.9. The number of amides is 3. The van der Waals surface area contributed by atoms with Crippen LogP contribution in [0, 0.1) is 0 Å². The van der Waals surface area contributed by atoms with E-state index in [0.29, 0.717) is 6.42 Å². The van der Waals surface area contributed by atoms with E-state index in [1.807, 2.05) is 25.1 Å². The maximum atomic E-state index is 12.3. The van der Waals surface area contributed by atoms with Gasteiger partial charge in [-0.3, -0.25) is 4.79 Å². The molecule has 1 aromatic rings. The van der Waals surface area contributed by atoms with E-state index in [9.17, 15) is 9.59 Å². The number of nitrogens with one attached hydrogen (secondary N) is 3. The van der Waals surface area contributed by atoms with Gasteiger partial charge in [-0.25, -0.2) is 4.79 Å². The van der Waals surface area contributed by atoms with Gasteiger partial charge >= 0.3 is 6.03 Å². The quantitative estimate of drug-likeness (QED) is 0.601. The molecule has 0 radical (unpaired) electrons. The van der Waals surface area contributed by atoms with E-state index in [2.05, 4.69) is 16.0 Å². The van der Waals surface area contributed by atoms with Crippen molar-refractivity contribution in [2.75, 3.05) is 5.32 Å². The summed E-state index contributed by atoms with van der Waals surface area (Å²) in [6.45, 7) is 2.01. The summed E-state index contributed by atoms with van der Waals surface area (Å²) >= 11 is 0. The second kappa shape index (κ2) is 8.51. The Hall–Kier alpha value is -2.44. The van der Waals surface area contributed by atoms with Crippen LogP contribution in [-0.4, -0.2) is 29.8 Å². The molecule has 1 aromatic carbocycles. The Balaban J connectivity index is 1.18. The number of carbonyl (C=O) groups excluding carboxylic acids is 2. The van der Waals surface area contributed by atoms with Crippen molar-refractivity contribution >= 4 is 17.6 Å². The van der Waals surface area contributed by atoms with E-state index in [1.165, 1.54) is 6.42 Å². The van der Waals surface area contributed by atoms with Crippen molar-refractivity contribution in [1.82, 2.24) is 10.6 Å². The van der Waals surface area contributed by atoms with Crippen LogP contribution in [0.3, 0.4) is 0 Å². The first-order chi connectivity index (χ1) is 14.0. The van der Waals surface area contributed by atoms with Crippen LogP contribution in [0.5, 0.6) is 11.5 Å². The van der Waals surface area contributed by atoms with Gasteiger partial charge in [-0.15, -0.1) is 0 Å². The average Bonchev–Trinajstić information content (AvgIpc) is 3.20. The van der Waals surface area contributed by atoms with Gasteiger partial charge in [0.05, 0.1) is 6.04 Å². The number of carbonyl (C=O) groups is 2. The van der Waals surface area contributed by atoms with E-state index < -0.39 is 5.79 Å². The summed E-state index contributed by atoms with van der Waals surface area (Å²) in [4.78, 5) is 23.6. The second-order valence-electron chi connectivity index (χ2n) is 8.50. The fourth-order valence-corrected chi connectivity index (χ4v) is 4.48. The van der Waals surface area contributed by atoms with Crippen molar-refractivity contribution in [2.24, 2.45) is 0 Å². The zero-order chi connectivity index (χ0) is 20.3. The number of hydrogen-bond acceptors (Lipinski definition) is 4. The largest absolute Gasteiger partial charge is 0.448 e.